The van der Waals surface area contributed by atoms with Crippen LogP contribution in [0.15, 0.2) is 18.2 Å². The number of likely N-dealkylation sites (N-methyl/N-ethyl adjacent to an activating group) is 1. The lowest BCUT2D eigenvalue weighted by atomic mass is 10.1. The molecule has 0 saturated carbocycles. The molecule has 134 valence electrons. The van der Waals surface area contributed by atoms with Gasteiger partial charge in [0.25, 0.3) is 5.91 Å². The number of nitrogens with one attached hydrogen (secondary N) is 1. The van der Waals surface area contributed by atoms with Crippen LogP contribution in [0, 0.1) is 0 Å². The SMILES string of the molecule is CCN1CCN(CCCNC(=O)c2c(OC)cccc2OC)CC1. The summed E-state index contributed by atoms with van der Waals surface area (Å²) in [5.74, 6) is 0.908. The summed E-state index contributed by atoms with van der Waals surface area (Å²) in [5.41, 5.74) is 0.457. The number of rotatable bonds is 8. The van der Waals surface area contributed by atoms with E-state index >= 15 is 0 Å². The van der Waals surface area contributed by atoms with Crippen LogP contribution in [0.2, 0.25) is 0 Å². The van der Waals surface area contributed by atoms with Crippen LogP contribution in [0.25, 0.3) is 0 Å². The molecular weight excluding hydrogens is 306 g/mol. The smallest absolute Gasteiger partial charge is 0.258 e. The summed E-state index contributed by atoms with van der Waals surface area (Å²) >= 11 is 0. The van der Waals surface area contributed by atoms with Crippen molar-refractivity contribution in [3.8, 4) is 11.5 Å². The lowest BCUT2D eigenvalue weighted by Crippen LogP contribution is -2.46. The maximum absolute atomic E-state index is 12.4. The third-order valence-corrected chi connectivity index (χ3v) is 4.50. The topological polar surface area (TPSA) is 54.0 Å². The van der Waals surface area contributed by atoms with Crippen LogP contribution >= 0.6 is 0 Å². The van der Waals surface area contributed by atoms with Gasteiger partial charge in [0, 0.05) is 32.7 Å². The molecule has 1 aromatic carbocycles. The first-order valence-corrected chi connectivity index (χ1v) is 8.63. The molecule has 0 bridgehead atoms. The summed E-state index contributed by atoms with van der Waals surface area (Å²) in [6.45, 7) is 9.50. The van der Waals surface area contributed by atoms with Gasteiger partial charge >= 0.3 is 0 Å². The molecule has 1 aliphatic rings. The van der Waals surface area contributed by atoms with E-state index in [1.54, 1.807) is 26.4 Å². The normalized spacial score (nSPS) is 16.0. The molecule has 0 aliphatic carbocycles. The third kappa shape index (κ3) is 4.85. The second kappa shape index (κ2) is 9.49. The van der Waals surface area contributed by atoms with Gasteiger partial charge in [0.2, 0.25) is 0 Å². The molecule has 1 aromatic rings. The maximum Gasteiger partial charge on any atom is 0.258 e. The highest BCUT2D eigenvalue weighted by Gasteiger charge is 2.18. The largest absolute Gasteiger partial charge is 0.496 e. The van der Waals surface area contributed by atoms with Crippen molar-refractivity contribution in [3.05, 3.63) is 23.8 Å². The number of nitrogens with zero attached hydrogens (tertiary/aromatic N) is 2. The molecule has 2 rings (SSSR count). The number of methoxy groups -OCH3 is 2. The number of carbonyl (C=O) groups is 1. The molecule has 0 radical (unpaired) electrons. The van der Waals surface area contributed by atoms with E-state index < -0.39 is 0 Å². The minimum Gasteiger partial charge on any atom is -0.496 e. The number of ether oxygens (including phenoxy) is 2. The van der Waals surface area contributed by atoms with E-state index in [0.29, 0.717) is 23.6 Å². The number of amides is 1. The van der Waals surface area contributed by atoms with Crippen LogP contribution < -0.4 is 14.8 Å². The molecule has 1 heterocycles. The summed E-state index contributed by atoms with van der Waals surface area (Å²) in [5, 5.41) is 2.97. The highest BCUT2D eigenvalue weighted by Crippen LogP contribution is 2.27. The zero-order chi connectivity index (χ0) is 17.4. The van der Waals surface area contributed by atoms with Gasteiger partial charge in [0.15, 0.2) is 0 Å². The number of hydrogen-bond donors (Lipinski definition) is 1. The minimum absolute atomic E-state index is 0.153. The fraction of sp³-hybridized carbons (Fsp3) is 0.611. The maximum atomic E-state index is 12.4. The quantitative estimate of drug-likeness (QED) is 0.729. The summed E-state index contributed by atoms with van der Waals surface area (Å²) in [7, 11) is 3.11. The second-order valence-electron chi connectivity index (χ2n) is 5.92. The van der Waals surface area contributed by atoms with Gasteiger partial charge in [-0.2, -0.15) is 0 Å². The molecule has 1 N–H and O–H groups in total. The van der Waals surface area contributed by atoms with Crippen LogP contribution in [0.4, 0.5) is 0 Å². The highest BCUT2D eigenvalue weighted by molar-refractivity contribution is 5.99. The Morgan fingerprint density at radius 3 is 2.21 bits per heavy atom. The second-order valence-corrected chi connectivity index (χ2v) is 5.92. The summed E-state index contributed by atoms with van der Waals surface area (Å²) in [4.78, 5) is 17.4. The average Bonchev–Trinajstić information content (AvgIpc) is 2.64. The fourth-order valence-corrected chi connectivity index (χ4v) is 3.00. The molecule has 0 atom stereocenters. The highest BCUT2D eigenvalue weighted by atomic mass is 16.5. The predicted octanol–water partition coefficient (Wildman–Crippen LogP) is 1.46. The van der Waals surface area contributed by atoms with Crippen LogP contribution in [0.1, 0.15) is 23.7 Å². The number of carbonyl (C=O) groups excluding carboxylic acids is 1. The lowest BCUT2D eigenvalue weighted by molar-refractivity contribution is 0.0942. The number of piperazine rings is 1. The average molecular weight is 335 g/mol. The molecule has 1 aliphatic heterocycles. The monoisotopic (exact) mass is 335 g/mol. The molecule has 1 saturated heterocycles. The van der Waals surface area contributed by atoms with Crippen LogP contribution in [0.3, 0.4) is 0 Å². The van der Waals surface area contributed by atoms with Crippen LogP contribution in [0.5, 0.6) is 11.5 Å². The summed E-state index contributed by atoms with van der Waals surface area (Å²) < 4.78 is 10.6. The van der Waals surface area contributed by atoms with E-state index in [0.717, 1.165) is 45.7 Å². The Morgan fingerprint density at radius 1 is 1.08 bits per heavy atom. The Bertz CT molecular complexity index is 506. The molecule has 0 unspecified atom stereocenters. The van der Waals surface area contributed by atoms with Gasteiger partial charge < -0.3 is 24.6 Å². The molecule has 6 nitrogen and oxygen atoms in total. The van der Waals surface area contributed by atoms with E-state index in [4.69, 9.17) is 9.47 Å². The van der Waals surface area contributed by atoms with Crippen molar-refractivity contribution in [1.82, 2.24) is 15.1 Å². The standard InChI is InChI=1S/C18H29N3O3/c1-4-20-11-13-21(14-12-20)10-6-9-19-18(22)17-15(23-2)7-5-8-16(17)24-3/h5,7-8H,4,6,9-14H2,1-3H3,(H,19,22). The minimum atomic E-state index is -0.153. The van der Waals surface area contributed by atoms with Crippen LogP contribution in [-0.2, 0) is 0 Å². The van der Waals surface area contributed by atoms with Crippen molar-refractivity contribution >= 4 is 5.91 Å². The molecule has 24 heavy (non-hydrogen) atoms. The van der Waals surface area contributed by atoms with Crippen molar-refractivity contribution in [2.75, 3.05) is 60.0 Å². The number of hydrogen-bond acceptors (Lipinski definition) is 5. The zero-order valence-corrected chi connectivity index (χ0v) is 15.0. The first-order valence-electron chi connectivity index (χ1n) is 8.63. The van der Waals surface area contributed by atoms with Crippen LogP contribution in [-0.4, -0.2) is 75.7 Å². The molecular formula is C18H29N3O3. The molecule has 6 heteroatoms. The van der Waals surface area contributed by atoms with Gasteiger partial charge in [-0.3, -0.25) is 4.79 Å². The Kier molecular flexibility index (Phi) is 7.34. The first-order chi connectivity index (χ1) is 11.7. The van der Waals surface area contributed by atoms with E-state index in [1.165, 1.54) is 0 Å². The van der Waals surface area contributed by atoms with E-state index in [2.05, 4.69) is 22.0 Å². The van der Waals surface area contributed by atoms with Crippen molar-refractivity contribution in [1.29, 1.82) is 0 Å². The predicted molar refractivity (Wildman–Crippen MR) is 95.1 cm³/mol. The summed E-state index contributed by atoms with van der Waals surface area (Å²) in [6.07, 6.45) is 0.940. The van der Waals surface area contributed by atoms with Gasteiger partial charge in [-0.1, -0.05) is 13.0 Å². The Labute approximate surface area is 144 Å². The third-order valence-electron chi connectivity index (χ3n) is 4.50. The van der Waals surface area contributed by atoms with Gasteiger partial charge in [-0.25, -0.2) is 0 Å². The van der Waals surface area contributed by atoms with E-state index in [9.17, 15) is 4.79 Å². The Hall–Kier alpha value is -1.79. The first kappa shape index (κ1) is 18.5. The van der Waals surface area contributed by atoms with Gasteiger partial charge in [-0.05, 0) is 31.6 Å². The fourth-order valence-electron chi connectivity index (χ4n) is 3.00. The molecule has 0 aromatic heterocycles. The lowest BCUT2D eigenvalue weighted by Gasteiger charge is -2.33. The Balaban J connectivity index is 1.78. The van der Waals surface area contributed by atoms with Crippen molar-refractivity contribution in [2.45, 2.75) is 13.3 Å². The zero-order valence-electron chi connectivity index (χ0n) is 15.0. The van der Waals surface area contributed by atoms with Crippen molar-refractivity contribution in [3.63, 3.8) is 0 Å². The summed E-state index contributed by atoms with van der Waals surface area (Å²) in [6, 6.07) is 5.35. The van der Waals surface area contributed by atoms with Crippen molar-refractivity contribution in [2.24, 2.45) is 0 Å². The van der Waals surface area contributed by atoms with Crippen molar-refractivity contribution < 1.29 is 14.3 Å². The molecule has 0 spiro atoms. The number of benzene rings is 1. The van der Waals surface area contributed by atoms with Gasteiger partial charge in [0.05, 0.1) is 14.2 Å². The van der Waals surface area contributed by atoms with Gasteiger partial charge in [0.1, 0.15) is 17.1 Å². The van der Waals surface area contributed by atoms with E-state index in [-0.39, 0.29) is 5.91 Å². The molecule has 1 amide bonds. The van der Waals surface area contributed by atoms with Gasteiger partial charge in [-0.15, -0.1) is 0 Å². The molecule has 1 fully saturated rings. The van der Waals surface area contributed by atoms with E-state index in [1.807, 2.05) is 6.07 Å². The Morgan fingerprint density at radius 2 is 1.67 bits per heavy atom.